The molecule has 112 valence electrons. The van der Waals surface area contributed by atoms with Crippen LogP contribution >= 0.6 is 23.2 Å². The summed E-state index contributed by atoms with van der Waals surface area (Å²) in [7, 11) is 1.60. The van der Waals surface area contributed by atoms with Crippen LogP contribution in [0.25, 0.3) is 0 Å². The van der Waals surface area contributed by atoms with Gasteiger partial charge in [-0.2, -0.15) is 0 Å². The van der Waals surface area contributed by atoms with Gasteiger partial charge in [0.05, 0.1) is 17.2 Å². The highest BCUT2D eigenvalue weighted by Crippen LogP contribution is 2.32. The summed E-state index contributed by atoms with van der Waals surface area (Å²) in [6.45, 7) is 2.23. The fourth-order valence-corrected chi connectivity index (χ4v) is 2.28. The Hall–Kier alpha value is -1.42. The van der Waals surface area contributed by atoms with Crippen molar-refractivity contribution >= 4 is 23.2 Å². The van der Waals surface area contributed by atoms with Gasteiger partial charge >= 0.3 is 0 Å². The van der Waals surface area contributed by atoms with E-state index in [-0.39, 0.29) is 6.04 Å². The molecule has 2 N–H and O–H groups in total. The summed E-state index contributed by atoms with van der Waals surface area (Å²) >= 11 is 12.1. The van der Waals surface area contributed by atoms with E-state index < -0.39 is 0 Å². The lowest BCUT2D eigenvalue weighted by molar-refractivity contribution is 0.284. The smallest absolute Gasteiger partial charge is 0.161 e. The number of benzene rings is 2. The number of hydrogen-bond acceptors (Lipinski definition) is 3. The third-order valence-electron chi connectivity index (χ3n) is 3.13. The van der Waals surface area contributed by atoms with E-state index in [0.717, 1.165) is 11.1 Å². The minimum atomic E-state index is -0.0599. The van der Waals surface area contributed by atoms with Crippen LogP contribution in [0.5, 0.6) is 11.5 Å². The average Bonchev–Trinajstić information content (AvgIpc) is 2.48. The van der Waals surface area contributed by atoms with Gasteiger partial charge in [0.1, 0.15) is 6.61 Å². The van der Waals surface area contributed by atoms with Gasteiger partial charge in [-0.3, -0.25) is 0 Å². The molecule has 0 aromatic heterocycles. The first-order valence-electron chi connectivity index (χ1n) is 6.52. The highest BCUT2D eigenvalue weighted by Gasteiger charge is 2.10. The van der Waals surface area contributed by atoms with E-state index in [1.54, 1.807) is 13.2 Å². The lowest BCUT2D eigenvalue weighted by atomic mass is 10.1. The number of halogens is 2. The molecule has 0 aliphatic carbocycles. The summed E-state index contributed by atoms with van der Waals surface area (Å²) in [5.74, 6) is 1.28. The molecule has 0 aliphatic rings. The van der Waals surface area contributed by atoms with Crippen LogP contribution < -0.4 is 15.2 Å². The molecular weight excluding hydrogens is 309 g/mol. The van der Waals surface area contributed by atoms with Crippen LogP contribution in [0, 0.1) is 0 Å². The quantitative estimate of drug-likeness (QED) is 0.873. The Kier molecular flexibility index (Phi) is 5.34. The summed E-state index contributed by atoms with van der Waals surface area (Å²) in [5, 5.41) is 1.02. The Morgan fingerprint density at radius 2 is 1.90 bits per heavy atom. The second-order valence-corrected chi connectivity index (χ2v) is 5.49. The summed E-state index contributed by atoms with van der Waals surface area (Å²) < 4.78 is 11.1. The molecule has 2 rings (SSSR count). The van der Waals surface area contributed by atoms with Crippen LogP contribution in [0.1, 0.15) is 24.1 Å². The molecule has 2 aromatic carbocycles. The molecule has 1 unspecified atom stereocenters. The Morgan fingerprint density at radius 3 is 2.57 bits per heavy atom. The Balaban J connectivity index is 2.18. The molecule has 0 bridgehead atoms. The largest absolute Gasteiger partial charge is 0.493 e. The van der Waals surface area contributed by atoms with Crippen molar-refractivity contribution in [2.45, 2.75) is 19.6 Å². The first-order chi connectivity index (χ1) is 10.0. The molecule has 0 amide bonds. The lowest BCUT2D eigenvalue weighted by Gasteiger charge is -2.14. The molecule has 5 heteroatoms. The van der Waals surface area contributed by atoms with Gasteiger partial charge in [0.25, 0.3) is 0 Å². The summed E-state index contributed by atoms with van der Waals surface area (Å²) in [6, 6.07) is 11.0. The lowest BCUT2D eigenvalue weighted by Crippen LogP contribution is -2.06. The van der Waals surface area contributed by atoms with Crippen molar-refractivity contribution in [1.29, 1.82) is 0 Å². The maximum Gasteiger partial charge on any atom is 0.161 e. The molecule has 3 nitrogen and oxygen atoms in total. The third-order valence-corrected chi connectivity index (χ3v) is 3.99. The van der Waals surface area contributed by atoms with Crippen LogP contribution in [0.2, 0.25) is 10.0 Å². The Bertz CT molecular complexity index is 630. The molecule has 0 saturated heterocycles. The molecule has 0 fully saturated rings. The van der Waals surface area contributed by atoms with Crippen molar-refractivity contribution in [3.63, 3.8) is 0 Å². The van der Waals surface area contributed by atoms with Gasteiger partial charge < -0.3 is 15.2 Å². The van der Waals surface area contributed by atoms with Gasteiger partial charge in [0.15, 0.2) is 11.5 Å². The van der Waals surface area contributed by atoms with E-state index in [9.17, 15) is 0 Å². The van der Waals surface area contributed by atoms with Crippen molar-refractivity contribution < 1.29 is 9.47 Å². The molecule has 0 aliphatic heterocycles. The zero-order valence-corrected chi connectivity index (χ0v) is 13.4. The van der Waals surface area contributed by atoms with Gasteiger partial charge in [-0.15, -0.1) is 0 Å². The molecule has 0 heterocycles. The zero-order chi connectivity index (χ0) is 15.4. The van der Waals surface area contributed by atoms with Gasteiger partial charge in [-0.05, 0) is 30.7 Å². The topological polar surface area (TPSA) is 44.5 Å². The van der Waals surface area contributed by atoms with Crippen molar-refractivity contribution in [2.75, 3.05) is 7.11 Å². The predicted molar refractivity (Wildman–Crippen MR) is 86.4 cm³/mol. The number of ether oxygens (including phenoxy) is 2. The first-order valence-corrected chi connectivity index (χ1v) is 7.27. The molecule has 0 saturated carbocycles. The molecular formula is C16H17Cl2NO2. The summed E-state index contributed by atoms with van der Waals surface area (Å²) in [4.78, 5) is 0. The minimum Gasteiger partial charge on any atom is -0.493 e. The minimum absolute atomic E-state index is 0.0599. The van der Waals surface area contributed by atoms with E-state index in [1.807, 2.05) is 37.3 Å². The van der Waals surface area contributed by atoms with E-state index in [4.69, 9.17) is 38.4 Å². The van der Waals surface area contributed by atoms with E-state index in [2.05, 4.69) is 0 Å². The van der Waals surface area contributed by atoms with Crippen LogP contribution in [0.4, 0.5) is 0 Å². The highest BCUT2D eigenvalue weighted by atomic mass is 35.5. The Morgan fingerprint density at radius 1 is 1.14 bits per heavy atom. The molecule has 1 atom stereocenters. The second-order valence-electron chi connectivity index (χ2n) is 4.70. The van der Waals surface area contributed by atoms with Crippen molar-refractivity contribution in [2.24, 2.45) is 5.73 Å². The van der Waals surface area contributed by atoms with Crippen LogP contribution in [0.3, 0.4) is 0 Å². The van der Waals surface area contributed by atoms with Crippen molar-refractivity contribution in [3.8, 4) is 11.5 Å². The number of nitrogens with two attached hydrogens (primary N) is 1. The number of methoxy groups -OCH3 is 1. The van der Waals surface area contributed by atoms with Crippen molar-refractivity contribution in [1.82, 2.24) is 0 Å². The van der Waals surface area contributed by atoms with Crippen LogP contribution in [0.15, 0.2) is 36.4 Å². The van der Waals surface area contributed by atoms with Crippen LogP contribution in [-0.2, 0) is 6.61 Å². The standard InChI is InChI=1S/C16H17Cl2NO2/c1-10(19)11-6-7-14(15(8-11)20-2)21-9-12-4-3-5-13(17)16(12)18/h3-8,10H,9,19H2,1-2H3. The van der Waals surface area contributed by atoms with Gasteiger partial charge in [-0.1, -0.05) is 41.4 Å². The van der Waals surface area contributed by atoms with Gasteiger partial charge in [0.2, 0.25) is 0 Å². The molecule has 0 spiro atoms. The summed E-state index contributed by atoms with van der Waals surface area (Å²) in [5.41, 5.74) is 7.67. The molecule has 0 radical (unpaired) electrons. The van der Waals surface area contributed by atoms with Crippen LogP contribution in [-0.4, -0.2) is 7.11 Å². The maximum absolute atomic E-state index is 6.14. The Labute approximate surface area is 134 Å². The fourth-order valence-electron chi connectivity index (χ4n) is 1.90. The molecule has 2 aromatic rings. The zero-order valence-electron chi connectivity index (χ0n) is 11.9. The number of hydrogen-bond donors (Lipinski definition) is 1. The number of rotatable bonds is 5. The normalized spacial score (nSPS) is 12.0. The monoisotopic (exact) mass is 325 g/mol. The average molecular weight is 326 g/mol. The van der Waals surface area contributed by atoms with E-state index in [1.165, 1.54) is 0 Å². The van der Waals surface area contributed by atoms with E-state index in [0.29, 0.717) is 28.2 Å². The molecule has 21 heavy (non-hydrogen) atoms. The summed E-state index contributed by atoms with van der Waals surface area (Å²) in [6.07, 6.45) is 0. The second kappa shape index (κ2) is 7.03. The first kappa shape index (κ1) is 16.0. The van der Waals surface area contributed by atoms with Gasteiger partial charge in [0, 0.05) is 11.6 Å². The predicted octanol–water partition coefficient (Wildman–Crippen LogP) is 4.60. The fraction of sp³-hybridized carbons (Fsp3) is 0.250. The SMILES string of the molecule is COc1cc(C(C)N)ccc1OCc1cccc(Cl)c1Cl. The van der Waals surface area contributed by atoms with E-state index >= 15 is 0 Å². The van der Waals surface area contributed by atoms with Crippen molar-refractivity contribution in [3.05, 3.63) is 57.6 Å². The third kappa shape index (κ3) is 3.82. The van der Waals surface area contributed by atoms with Gasteiger partial charge in [-0.25, -0.2) is 0 Å². The maximum atomic E-state index is 6.14. The highest BCUT2D eigenvalue weighted by molar-refractivity contribution is 6.42.